The van der Waals surface area contributed by atoms with Gasteiger partial charge >= 0.3 is 0 Å². The Kier molecular flexibility index (Phi) is 5.45. The minimum atomic E-state index is -0.438. The van der Waals surface area contributed by atoms with Gasteiger partial charge in [0, 0.05) is 11.6 Å². The Morgan fingerprint density at radius 2 is 2.00 bits per heavy atom. The Hall–Kier alpha value is -1.06. The summed E-state index contributed by atoms with van der Waals surface area (Å²) in [4.78, 5) is 11.7. The van der Waals surface area contributed by atoms with Crippen LogP contribution >= 0.6 is 11.6 Å². The molecule has 0 saturated carbocycles. The molecule has 3 N–H and O–H groups in total. The van der Waals surface area contributed by atoms with Crippen molar-refractivity contribution < 1.29 is 4.79 Å². The van der Waals surface area contributed by atoms with Crippen LogP contribution in [0.2, 0.25) is 5.02 Å². The van der Waals surface area contributed by atoms with Crippen molar-refractivity contribution in [2.45, 2.75) is 32.9 Å². The molecule has 0 saturated heterocycles. The summed E-state index contributed by atoms with van der Waals surface area (Å²) in [5.41, 5.74) is 6.84. The highest BCUT2D eigenvalue weighted by Gasteiger charge is 2.18. The molecule has 17 heavy (non-hydrogen) atoms. The van der Waals surface area contributed by atoms with Gasteiger partial charge in [-0.1, -0.05) is 44.0 Å². The van der Waals surface area contributed by atoms with E-state index in [2.05, 4.69) is 5.32 Å². The highest BCUT2D eigenvalue weighted by atomic mass is 35.5. The van der Waals surface area contributed by atoms with Crippen molar-refractivity contribution in [3.05, 3.63) is 34.9 Å². The van der Waals surface area contributed by atoms with Crippen molar-refractivity contribution in [3.63, 3.8) is 0 Å². The van der Waals surface area contributed by atoms with Gasteiger partial charge in [0.25, 0.3) is 0 Å². The lowest BCUT2D eigenvalue weighted by molar-refractivity contribution is -0.123. The van der Waals surface area contributed by atoms with Crippen LogP contribution in [0.15, 0.2) is 24.3 Å². The molecule has 0 heterocycles. The maximum Gasteiger partial charge on any atom is 0.237 e. The largest absolute Gasteiger partial charge is 0.351 e. The van der Waals surface area contributed by atoms with E-state index in [0.29, 0.717) is 11.6 Å². The van der Waals surface area contributed by atoms with Gasteiger partial charge in [0.05, 0.1) is 6.04 Å². The Labute approximate surface area is 107 Å². The van der Waals surface area contributed by atoms with Crippen LogP contribution < -0.4 is 11.1 Å². The molecule has 4 heteroatoms. The third-order valence-electron chi connectivity index (χ3n) is 2.94. The molecule has 1 aromatic carbocycles. The standard InChI is InChI=1S/C13H19ClN2O/c1-3-9(2)12(15)13(17)16-8-10-4-6-11(14)7-5-10/h4-7,9,12H,3,8,15H2,1-2H3,(H,16,17)/t9?,12-/m0/s1. The Morgan fingerprint density at radius 1 is 1.41 bits per heavy atom. The number of carbonyl (C=O) groups excluding carboxylic acids is 1. The van der Waals surface area contributed by atoms with Crippen LogP contribution in [0.25, 0.3) is 0 Å². The zero-order valence-corrected chi connectivity index (χ0v) is 11.0. The van der Waals surface area contributed by atoms with Crippen molar-refractivity contribution in [3.8, 4) is 0 Å². The van der Waals surface area contributed by atoms with E-state index < -0.39 is 6.04 Å². The zero-order chi connectivity index (χ0) is 12.8. The number of carbonyl (C=O) groups is 1. The molecule has 1 unspecified atom stereocenters. The van der Waals surface area contributed by atoms with Gasteiger partial charge in [-0.25, -0.2) is 0 Å². The Bertz CT molecular complexity index is 364. The number of hydrogen-bond acceptors (Lipinski definition) is 2. The topological polar surface area (TPSA) is 55.1 Å². The molecular weight excluding hydrogens is 236 g/mol. The quantitative estimate of drug-likeness (QED) is 0.847. The zero-order valence-electron chi connectivity index (χ0n) is 10.2. The first-order valence-corrected chi connectivity index (χ1v) is 6.20. The second kappa shape index (κ2) is 6.62. The van der Waals surface area contributed by atoms with Crippen LogP contribution in [0.3, 0.4) is 0 Å². The van der Waals surface area contributed by atoms with Crippen molar-refractivity contribution in [2.75, 3.05) is 0 Å². The molecule has 1 amide bonds. The van der Waals surface area contributed by atoms with E-state index in [0.717, 1.165) is 12.0 Å². The molecule has 1 rings (SSSR count). The molecule has 0 aliphatic carbocycles. The third kappa shape index (κ3) is 4.36. The van der Waals surface area contributed by atoms with Gasteiger partial charge < -0.3 is 11.1 Å². The highest BCUT2D eigenvalue weighted by molar-refractivity contribution is 6.30. The lowest BCUT2D eigenvalue weighted by Gasteiger charge is -2.17. The van der Waals surface area contributed by atoms with Crippen molar-refractivity contribution in [2.24, 2.45) is 11.7 Å². The SMILES string of the molecule is CCC(C)[C@H](N)C(=O)NCc1ccc(Cl)cc1. The summed E-state index contributed by atoms with van der Waals surface area (Å²) in [5.74, 6) is 0.0921. The number of nitrogens with two attached hydrogens (primary N) is 1. The lowest BCUT2D eigenvalue weighted by atomic mass is 9.99. The fraction of sp³-hybridized carbons (Fsp3) is 0.462. The fourth-order valence-corrected chi connectivity index (χ4v) is 1.55. The van der Waals surface area contributed by atoms with Crippen LogP contribution in [0, 0.1) is 5.92 Å². The molecular formula is C13H19ClN2O. The first kappa shape index (κ1) is 14.0. The number of rotatable bonds is 5. The van der Waals surface area contributed by atoms with Gasteiger partial charge in [-0.15, -0.1) is 0 Å². The third-order valence-corrected chi connectivity index (χ3v) is 3.19. The maximum atomic E-state index is 11.7. The molecule has 0 bridgehead atoms. The van der Waals surface area contributed by atoms with Crippen LogP contribution in [0.4, 0.5) is 0 Å². The summed E-state index contributed by atoms with van der Waals surface area (Å²) >= 11 is 5.78. The first-order chi connectivity index (χ1) is 8.04. The number of nitrogens with one attached hydrogen (secondary N) is 1. The Balaban J connectivity index is 2.45. The molecule has 2 atom stereocenters. The average Bonchev–Trinajstić information content (AvgIpc) is 2.35. The second-order valence-corrected chi connectivity index (χ2v) is 4.69. The van der Waals surface area contributed by atoms with Crippen LogP contribution in [-0.2, 0) is 11.3 Å². The predicted molar refractivity (Wildman–Crippen MR) is 70.7 cm³/mol. The monoisotopic (exact) mass is 254 g/mol. The average molecular weight is 255 g/mol. The van der Waals surface area contributed by atoms with Crippen molar-refractivity contribution in [1.82, 2.24) is 5.32 Å². The van der Waals surface area contributed by atoms with E-state index in [9.17, 15) is 4.79 Å². The van der Waals surface area contributed by atoms with Crippen molar-refractivity contribution in [1.29, 1.82) is 0 Å². The van der Waals surface area contributed by atoms with Gasteiger partial charge in [-0.2, -0.15) is 0 Å². The summed E-state index contributed by atoms with van der Waals surface area (Å²) < 4.78 is 0. The molecule has 0 spiro atoms. The van der Waals surface area contributed by atoms with Gasteiger partial charge in [0.2, 0.25) is 5.91 Å². The minimum Gasteiger partial charge on any atom is -0.351 e. The maximum absolute atomic E-state index is 11.7. The van der Waals surface area contributed by atoms with E-state index in [1.54, 1.807) is 12.1 Å². The van der Waals surface area contributed by atoms with E-state index in [4.69, 9.17) is 17.3 Å². The van der Waals surface area contributed by atoms with E-state index >= 15 is 0 Å². The summed E-state index contributed by atoms with van der Waals surface area (Å²) in [6, 6.07) is 6.94. The molecule has 3 nitrogen and oxygen atoms in total. The van der Waals surface area contributed by atoms with Gasteiger partial charge in [-0.3, -0.25) is 4.79 Å². The molecule has 1 aromatic rings. The van der Waals surface area contributed by atoms with Crippen LogP contribution in [-0.4, -0.2) is 11.9 Å². The van der Waals surface area contributed by atoms with Crippen LogP contribution in [0.1, 0.15) is 25.8 Å². The van der Waals surface area contributed by atoms with E-state index in [1.807, 2.05) is 26.0 Å². The van der Waals surface area contributed by atoms with Gasteiger partial charge in [-0.05, 0) is 23.6 Å². The first-order valence-electron chi connectivity index (χ1n) is 5.82. The predicted octanol–water partition coefficient (Wildman–Crippen LogP) is 2.33. The molecule has 0 aromatic heterocycles. The molecule has 0 radical (unpaired) electrons. The van der Waals surface area contributed by atoms with E-state index in [-0.39, 0.29) is 11.8 Å². The fourth-order valence-electron chi connectivity index (χ4n) is 1.42. The number of benzene rings is 1. The number of amides is 1. The molecule has 0 aliphatic heterocycles. The summed E-state index contributed by atoms with van der Waals surface area (Å²) in [7, 11) is 0. The minimum absolute atomic E-state index is 0.102. The summed E-state index contributed by atoms with van der Waals surface area (Å²) in [6.07, 6.45) is 0.898. The van der Waals surface area contributed by atoms with E-state index in [1.165, 1.54) is 0 Å². The normalized spacial score (nSPS) is 14.1. The van der Waals surface area contributed by atoms with Gasteiger partial charge in [0.1, 0.15) is 0 Å². The number of hydrogen-bond donors (Lipinski definition) is 2. The Morgan fingerprint density at radius 3 is 2.53 bits per heavy atom. The lowest BCUT2D eigenvalue weighted by Crippen LogP contribution is -2.44. The van der Waals surface area contributed by atoms with Gasteiger partial charge in [0.15, 0.2) is 0 Å². The second-order valence-electron chi connectivity index (χ2n) is 4.26. The smallest absolute Gasteiger partial charge is 0.237 e. The van der Waals surface area contributed by atoms with Crippen molar-refractivity contribution >= 4 is 17.5 Å². The summed E-state index contributed by atoms with van der Waals surface area (Å²) in [6.45, 7) is 4.49. The van der Waals surface area contributed by atoms with Crippen LogP contribution in [0.5, 0.6) is 0 Å². The molecule has 0 fully saturated rings. The molecule has 0 aliphatic rings. The highest BCUT2D eigenvalue weighted by Crippen LogP contribution is 2.10. The summed E-state index contributed by atoms with van der Waals surface area (Å²) in [5, 5.41) is 3.52. The molecule has 94 valence electrons. The number of halogens is 1.